The summed E-state index contributed by atoms with van der Waals surface area (Å²) in [5, 5.41) is 33.4. The van der Waals surface area contributed by atoms with Gasteiger partial charge in [0.2, 0.25) is 5.91 Å². The van der Waals surface area contributed by atoms with Gasteiger partial charge in [0.1, 0.15) is 6.10 Å². The quantitative estimate of drug-likeness (QED) is 0.0376. The number of amides is 1. The van der Waals surface area contributed by atoms with E-state index in [4.69, 9.17) is 0 Å². The number of unbranched alkanes of at least 4 members (excludes halogenated alkanes) is 31. The van der Waals surface area contributed by atoms with E-state index < -0.39 is 18.2 Å². The number of rotatable bonds is 41. The lowest BCUT2D eigenvalue weighted by molar-refractivity contribution is -0.124. The minimum absolute atomic E-state index is 0.145. The van der Waals surface area contributed by atoms with Crippen LogP contribution in [0.5, 0.6) is 0 Å². The maximum absolute atomic E-state index is 12.4. The monoisotopic (exact) mass is 708 g/mol. The van der Waals surface area contributed by atoms with E-state index in [1.54, 1.807) is 0 Å². The second-order valence-electron chi connectivity index (χ2n) is 15.6. The first-order valence-corrected chi connectivity index (χ1v) is 22.5. The van der Waals surface area contributed by atoms with Crippen molar-refractivity contribution in [1.82, 2.24) is 5.32 Å². The summed E-state index contributed by atoms with van der Waals surface area (Å²) in [6.07, 6.45) is 47.6. The van der Waals surface area contributed by atoms with Gasteiger partial charge < -0.3 is 20.6 Å². The summed E-state index contributed by atoms with van der Waals surface area (Å²) in [5.41, 5.74) is 0. The van der Waals surface area contributed by atoms with Gasteiger partial charge in [0.05, 0.1) is 18.8 Å². The van der Waals surface area contributed by atoms with Crippen molar-refractivity contribution < 1.29 is 20.1 Å². The molecule has 0 aliphatic heterocycles. The molecule has 298 valence electrons. The standard InChI is InChI=1S/C45H89NO4/c1-3-5-7-9-11-13-15-16-17-18-19-20-21-22-23-24-25-26-27-28-30-32-34-36-38-40-44(49)46-42(41-47)45(50)43(48)39-37-35-33-31-29-14-12-10-8-6-4-2/h22-23,42-43,45,47-48,50H,3-21,24-41H2,1-2H3,(H,46,49)/b23-22-. The van der Waals surface area contributed by atoms with Crippen LogP contribution in [0.25, 0.3) is 0 Å². The molecule has 0 heterocycles. The molecule has 4 N–H and O–H groups in total. The highest BCUT2D eigenvalue weighted by atomic mass is 16.3. The van der Waals surface area contributed by atoms with Crippen molar-refractivity contribution in [2.45, 2.75) is 263 Å². The van der Waals surface area contributed by atoms with Crippen LogP contribution in [0.15, 0.2) is 12.2 Å². The fraction of sp³-hybridized carbons (Fsp3) is 0.933. The van der Waals surface area contributed by atoms with Gasteiger partial charge in [0.15, 0.2) is 0 Å². The first-order chi connectivity index (χ1) is 24.6. The lowest BCUT2D eigenvalue weighted by Gasteiger charge is -2.26. The number of carbonyl (C=O) groups is 1. The third-order valence-corrected chi connectivity index (χ3v) is 10.6. The molecule has 5 nitrogen and oxygen atoms in total. The summed E-state index contributed by atoms with van der Waals surface area (Å²) in [4.78, 5) is 12.4. The van der Waals surface area contributed by atoms with E-state index >= 15 is 0 Å². The second-order valence-corrected chi connectivity index (χ2v) is 15.6. The molecule has 50 heavy (non-hydrogen) atoms. The molecule has 0 aromatic heterocycles. The van der Waals surface area contributed by atoms with Crippen LogP contribution in [0.3, 0.4) is 0 Å². The molecule has 0 saturated heterocycles. The van der Waals surface area contributed by atoms with Crippen LogP contribution in [0.1, 0.15) is 245 Å². The highest BCUT2D eigenvalue weighted by Gasteiger charge is 2.26. The van der Waals surface area contributed by atoms with E-state index in [2.05, 4.69) is 31.3 Å². The number of aliphatic hydroxyl groups is 3. The number of nitrogens with one attached hydrogen (secondary N) is 1. The Bertz CT molecular complexity index is 699. The zero-order valence-electron chi connectivity index (χ0n) is 33.8. The Balaban J connectivity index is 3.55. The SMILES string of the molecule is CCCCCCCCCCCCCC/C=C\CCCCCCCCCCCC(=O)NC(CO)C(O)C(O)CCCCCCCCCCCCC. The smallest absolute Gasteiger partial charge is 0.220 e. The van der Waals surface area contributed by atoms with Crippen LogP contribution < -0.4 is 5.32 Å². The van der Waals surface area contributed by atoms with E-state index in [-0.39, 0.29) is 12.5 Å². The highest BCUT2D eigenvalue weighted by molar-refractivity contribution is 5.76. The third-order valence-electron chi connectivity index (χ3n) is 10.6. The van der Waals surface area contributed by atoms with Crippen molar-refractivity contribution in [3.05, 3.63) is 12.2 Å². The summed E-state index contributed by atoms with van der Waals surface area (Å²) < 4.78 is 0. The van der Waals surface area contributed by atoms with Crippen molar-refractivity contribution in [2.24, 2.45) is 0 Å². The first-order valence-electron chi connectivity index (χ1n) is 22.5. The average Bonchev–Trinajstić information content (AvgIpc) is 3.12. The van der Waals surface area contributed by atoms with Gasteiger partial charge in [-0.3, -0.25) is 4.79 Å². The van der Waals surface area contributed by atoms with Gasteiger partial charge in [-0.15, -0.1) is 0 Å². The molecule has 0 spiro atoms. The molecule has 0 fully saturated rings. The predicted octanol–water partition coefficient (Wildman–Crippen LogP) is 12.8. The molecule has 0 aromatic carbocycles. The Labute approximate surface area is 312 Å². The van der Waals surface area contributed by atoms with Crippen molar-refractivity contribution >= 4 is 5.91 Å². The Hall–Kier alpha value is -0.910. The Morgan fingerprint density at radius 1 is 0.480 bits per heavy atom. The third kappa shape index (κ3) is 35.5. The van der Waals surface area contributed by atoms with Gasteiger partial charge in [-0.05, 0) is 38.5 Å². The molecule has 0 radical (unpaired) electrons. The normalized spacial score (nSPS) is 13.6. The van der Waals surface area contributed by atoms with Crippen LogP contribution in [0.2, 0.25) is 0 Å². The van der Waals surface area contributed by atoms with Crippen molar-refractivity contribution in [1.29, 1.82) is 0 Å². The summed E-state index contributed by atoms with van der Waals surface area (Å²) in [7, 11) is 0. The van der Waals surface area contributed by atoms with Gasteiger partial charge in [0.25, 0.3) is 0 Å². The fourth-order valence-corrected chi connectivity index (χ4v) is 7.10. The summed E-state index contributed by atoms with van der Waals surface area (Å²) in [6, 6.07) is -0.806. The van der Waals surface area contributed by atoms with Crippen LogP contribution in [0.4, 0.5) is 0 Å². The number of allylic oxidation sites excluding steroid dienone is 2. The molecule has 0 rings (SSSR count). The molecule has 0 aliphatic rings. The van der Waals surface area contributed by atoms with Gasteiger partial charge >= 0.3 is 0 Å². The topological polar surface area (TPSA) is 89.8 Å². The van der Waals surface area contributed by atoms with Crippen molar-refractivity contribution in [3.63, 3.8) is 0 Å². The lowest BCUT2D eigenvalue weighted by Crippen LogP contribution is -2.50. The number of hydrogen-bond donors (Lipinski definition) is 4. The minimum atomic E-state index is -1.13. The molecule has 0 bridgehead atoms. The molecular formula is C45H89NO4. The number of carbonyl (C=O) groups excluding carboxylic acids is 1. The van der Waals surface area contributed by atoms with E-state index in [9.17, 15) is 20.1 Å². The highest BCUT2D eigenvalue weighted by Crippen LogP contribution is 2.16. The van der Waals surface area contributed by atoms with E-state index in [1.807, 2.05) is 0 Å². The van der Waals surface area contributed by atoms with E-state index in [0.29, 0.717) is 12.8 Å². The molecular weight excluding hydrogens is 618 g/mol. The van der Waals surface area contributed by atoms with E-state index in [1.165, 1.54) is 180 Å². The van der Waals surface area contributed by atoms with Crippen LogP contribution >= 0.6 is 0 Å². The van der Waals surface area contributed by atoms with Gasteiger partial charge in [-0.25, -0.2) is 0 Å². The van der Waals surface area contributed by atoms with Crippen LogP contribution in [-0.2, 0) is 4.79 Å². The van der Waals surface area contributed by atoms with Crippen LogP contribution in [0, 0.1) is 0 Å². The predicted molar refractivity (Wildman–Crippen MR) is 218 cm³/mol. The molecule has 0 aliphatic carbocycles. The van der Waals surface area contributed by atoms with E-state index in [0.717, 1.165) is 38.5 Å². The van der Waals surface area contributed by atoms with Crippen molar-refractivity contribution in [2.75, 3.05) is 6.61 Å². The molecule has 3 atom stereocenters. The largest absolute Gasteiger partial charge is 0.394 e. The first kappa shape index (κ1) is 49.1. The Morgan fingerprint density at radius 2 is 0.800 bits per heavy atom. The molecule has 0 aromatic rings. The average molecular weight is 708 g/mol. The van der Waals surface area contributed by atoms with Crippen molar-refractivity contribution in [3.8, 4) is 0 Å². The van der Waals surface area contributed by atoms with Gasteiger partial charge in [-0.1, -0.05) is 212 Å². The number of hydrogen-bond acceptors (Lipinski definition) is 4. The summed E-state index contributed by atoms with van der Waals surface area (Å²) in [5.74, 6) is -0.145. The lowest BCUT2D eigenvalue weighted by atomic mass is 9.99. The Kier molecular flexibility index (Phi) is 40.1. The summed E-state index contributed by atoms with van der Waals surface area (Å²) in [6.45, 7) is 4.18. The Morgan fingerprint density at radius 3 is 1.16 bits per heavy atom. The zero-order chi connectivity index (χ0) is 36.6. The maximum atomic E-state index is 12.4. The maximum Gasteiger partial charge on any atom is 0.220 e. The molecule has 0 saturated carbocycles. The number of aliphatic hydroxyl groups excluding tert-OH is 3. The second kappa shape index (κ2) is 40.9. The van der Waals surface area contributed by atoms with Gasteiger partial charge in [-0.2, -0.15) is 0 Å². The molecule has 1 amide bonds. The summed E-state index contributed by atoms with van der Waals surface area (Å²) >= 11 is 0. The zero-order valence-corrected chi connectivity index (χ0v) is 33.8. The molecule has 3 unspecified atom stereocenters. The van der Waals surface area contributed by atoms with Gasteiger partial charge in [0, 0.05) is 6.42 Å². The minimum Gasteiger partial charge on any atom is -0.394 e. The molecule has 5 heteroatoms. The van der Waals surface area contributed by atoms with Crippen LogP contribution in [-0.4, -0.2) is 46.1 Å². The fourth-order valence-electron chi connectivity index (χ4n) is 7.10.